The lowest BCUT2D eigenvalue weighted by atomic mass is 10.0. The van der Waals surface area contributed by atoms with E-state index < -0.39 is 0 Å². The first-order chi connectivity index (χ1) is 25.3. The largest absolute Gasteiger partial charge is 0.309 e. The van der Waals surface area contributed by atoms with Crippen LogP contribution in [0.15, 0.2) is 170 Å². The summed E-state index contributed by atoms with van der Waals surface area (Å²) in [5.74, 6) is 0. The van der Waals surface area contributed by atoms with Gasteiger partial charge in [-0.15, -0.1) is 11.3 Å². The standard InChI is InChI=1S/C48H28N2S/c1-2-11-29(12-3-1)30-21-23-31(24-22-30)49-39-18-8-7-16-35(39)37-25-27-41-44(47(37)49)38-26-28-43-46-45-36(17-10-20-42(45)51-43)33-14-5-4-13-32(33)34-15-6-9-19-40(34)50(41)48(38)46/h1-28H. The SMILES string of the molecule is c1ccc(-c2ccc(-n3c4ccccc4c4ccc5c(c6ccc7sc8cccc9c%10ccccc%10c%10ccccc%10n5c6c7c89)c43)cc2)cc1. The molecule has 2 nitrogen and oxygen atoms in total. The Morgan fingerprint density at radius 1 is 0.314 bits per heavy atom. The summed E-state index contributed by atoms with van der Waals surface area (Å²) in [5, 5.41) is 12.9. The second-order valence-electron chi connectivity index (χ2n) is 13.6. The first-order valence-corrected chi connectivity index (χ1v) is 18.3. The van der Waals surface area contributed by atoms with Crippen LogP contribution in [0.5, 0.6) is 0 Å². The number of para-hydroxylation sites is 2. The van der Waals surface area contributed by atoms with Gasteiger partial charge >= 0.3 is 0 Å². The van der Waals surface area contributed by atoms with E-state index in [0.717, 1.165) is 5.69 Å². The minimum absolute atomic E-state index is 1.16. The molecule has 0 radical (unpaired) electrons. The molecule has 4 aromatic heterocycles. The minimum atomic E-state index is 1.16. The molecule has 0 bridgehead atoms. The molecule has 0 amide bonds. The van der Waals surface area contributed by atoms with Crippen molar-refractivity contribution in [1.29, 1.82) is 0 Å². The number of hydrogen-bond acceptors (Lipinski definition) is 1. The van der Waals surface area contributed by atoms with Crippen molar-refractivity contribution in [2.24, 2.45) is 0 Å². The van der Waals surface area contributed by atoms with Gasteiger partial charge in [0.15, 0.2) is 0 Å². The predicted molar refractivity (Wildman–Crippen MR) is 220 cm³/mol. The predicted octanol–water partition coefficient (Wildman–Crippen LogP) is 13.7. The molecule has 8 aromatic carbocycles. The first kappa shape index (κ1) is 27.4. The van der Waals surface area contributed by atoms with E-state index in [-0.39, 0.29) is 0 Å². The van der Waals surface area contributed by atoms with E-state index in [1.54, 1.807) is 0 Å². The van der Waals surface area contributed by atoms with Crippen LogP contribution in [-0.2, 0) is 0 Å². The second-order valence-corrected chi connectivity index (χ2v) is 14.7. The molecule has 236 valence electrons. The van der Waals surface area contributed by atoms with Crippen molar-refractivity contribution < 1.29 is 0 Å². The van der Waals surface area contributed by atoms with Gasteiger partial charge < -0.3 is 8.97 Å². The van der Waals surface area contributed by atoms with Gasteiger partial charge in [-0.1, -0.05) is 127 Å². The van der Waals surface area contributed by atoms with E-state index in [9.17, 15) is 0 Å². The molecule has 0 atom stereocenters. The Hall–Kier alpha value is -6.42. The van der Waals surface area contributed by atoms with Crippen LogP contribution in [0.4, 0.5) is 0 Å². The maximum atomic E-state index is 2.58. The summed E-state index contributed by atoms with van der Waals surface area (Å²) >= 11 is 1.90. The molecular formula is C48H28N2S. The molecule has 0 aliphatic heterocycles. The summed E-state index contributed by atoms with van der Waals surface area (Å²) in [5.41, 5.74) is 9.78. The summed E-state index contributed by atoms with van der Waals surface area (Å²) < 4.78 is 7.72. The van der Waals surface area contributed by atoms with Crippen molar-refractivity contribution >= 4 is 102 Å². The molecule has 0 spiro atoms. The van der Waals surface area contributed by atoms with E-state index in [2.05, 4.69) is 179 Å². The van der Waals surface area contributed by atoms with E-state index in [1.165, 1.54) is 102 Å². The molecule has 0 unspecified atom stereocenters. The van der Waals surface area contributed by atoms with Crippen LogP contribution in [0.1, 0.15) is 0 Å². The smallest absolute Gasteiger partial charge is 0.0641 e. The van der Waals surface area contributed by atoms with E-state index in [1.807, 2.05) is 11.3 Å². The van der Waals surface area contributed by atoms with Gasteiger partial charge in [0.25, 0.3) is 0 Å². The third kappa shape index (κ3) is 3.60. The van der Waals surface area contributed by atoms with E-state index in [4.69, 9.17) is 0 Å². The van der Waals surface area contributed by atoms with Crippen molar-refractivity contribution in [3.05, 3.63) is 170 Å². The highest BCUT2D eigenvalue weighted by molar-refractivity contribution is 7.26. The lowest BCUT2D eigenvalue weighted by molar-refractivity contribution is 1.19. The number of thiophene rings is 1. The van der Waals surface area contributed by atoms with Crippen LogP contribution < -0.4 is 0 Å². The highest BCUT2D eigenvalue weighted by atomic mass is 32.1. The van der Waals surface area contributed by atoms with E-state index >= 15 is 0 Å². The van der Waals surface area contributed by atoms with Gasteiger partial charge in [0.2, 0.25) is 0 Å². The molecule has 0 N–H and O–H groups in total. The van der Waals surface area contributed by atoms with Gasteiger partial charge in [-0.05, 0) is 69.8 Å². The normalized spacial score (nSPS) is 12.3. The number of fused-ring (bicyclic) bond motifs is 12. The van der Waals surface area contributed by atoms with Gasteiger partial charge in [-0.25, -0.2) is 0 Å². The average molecular weight is 665 g/mol. The first-order valence-electron chi connectivity index (χ1n) is 17.5. The number of nitrogens with zero attached hydrogens (tertiary/aromatic N) is 2. The lowest BCUT2D eigenvalue weighted by Gasteiger charge is -2.10. The molecule has 3 heteroatoms. The summed E-state index contributed by atoms with van der Waals surface area (Å²) in [4.78, 5) is 0. The molecule has 0 aliphatic carbocycles. The summed E-state index contributed by atoms with van der Waals surface area (Å²) in [6, 6.07) is 62.9. The zero-order chi connectivity index (χ0) is 33.2. The van der Waals surface area contributed by atoms with Crippen LogP contribution in [0.25, 0.3) is 108 Å². The number of aromatic nitrogens is 2. The molecule has 51 heavy (non-hydrogen) atoms. The Bertz CT molecular complexity index is 3380. The van der Waals surface area contributed by atoms with Crippen molar-refractivity contribution in [2.45, 2.75) is 0 Å². The van der Waals surface area contributed by atoms with Crippen molar-refractivity contribution in [1.82, 2.24) is 8.97 Å². The van der Waals surface area contributed by atoms with Gasteiger partial charge in [0.1, 0.15) is 0 Å². The molecule has 0 saturated carbocycles. The Labute approximate surface area is 296 Å². The monoisotopic (exact) mass is 664 g/mol. The average Bonchev–Trinajstić information content (AvgIpc) is 3.86. The summed E-state index contributed by atoms with van der Waals surface area (Å²) in [6.45, 7) is 0. The Morgan fingerprint density at radius 3 is 1.73 bits per heavy atom. The zero-order valence-electron chi connectivity index (χ0n) is 27.5. The fraction of sp³-hybridized carbons (Fsp3) is 0. The van der Waals surface area contributed by atoms with E-state index in [0.29, 0.717) is 0 Å². The van der Waals surface area contributed by atoms with Crippen molar-refractivity contribution in [3.8, 4) is 16.8 Å². The topological polar surface area (TPSA) is 9.34 Å². The lowest BCUT2D eigenvalue weighted by Crippen LogP contribution is -1.94. The summed E-state index contributed by atoms with van der Waals surface area (Å²) in [6.07, 6.45) is 0. The minimum Gasteiger partial charge on any atom is -0.309 e. The fourth-order valence-corrected chi connectivity index (χ4v) is 10.1. The third-order valence-electron chi connectivity index (χ3n) is 11.1. The fourth-order valence-electron chi connectivity index (χ4n) is 8.97. The molecule has 0 fully saturated rings. The Morgan fingerprint density at radius 2 is 0.922 bits per heavy atom. The van der Waals surface area contributed by atoms with Crippen LogP contribution in [0.2, 0.25) is 0 Å². The van der Waals surface area contributed by atoms with Crippen molar-refractivity contribution in [2.75, 3.05) is 0 Å². The van der Waals surface area contributed by atoms with Crippen LogP contribution >= 0.6 is 11.3 Å². The second kappa shape index (κ2) is 10.1. The maximum absolute atomic E-state index is 2.58. The molecule has 0 aliphatic rings. The molecule has 0 saturated heterocycles. The van der Waals surface area contributed by atoms with Crippen molar-refractivity contribution in [3.63, 3.8) is 0 Å². The molecular weight excluding hydrogens is 637 g/mol. The maximum Gasteiger partial charge on any atom is 0.0641 e. The van der Waals surface area contributed by atoms with Gasteiger partial charge in [0, 0.05) is 52.8 Å². The highest BCUT2D eigenvalue weighted by Crippen LogP contribution is 2.48. The Kier molecular flexibility index (Phi) is 5.41. The van der Waals surface area contributed by atoms with Gasteiger partial charge in [-0.3, -0.25) is 0 Å². The molecule has 12 rings (SSSR count). The van der Waals surface area contributed by atoms with Gasteiger partial charge in [0.05, 0.1) is 27.6 Å². The van der Waals surface area contributed by atoms with Crippen LogP contribution in [0.3, 0.4) is 0 Å². The van der Waals surface area contributed by atoms with Crippen LogP contribution in [0, 0.1) is 0 Å². The summed E-state index contributed by atoms with van der Waals surface area (Å²) in [7, 11) is 0. The van der Waals surface area contributed by atoms with Gasteiger partial charge in [-0.2, -0.15) is 0 Å². The quantitative estimate of drug-likeness (QED) is 0.174. The number of rotatable bonds is 2. The highest BCUT2D eigenvalue weighted by Gasteiger charge is 2.23. The Balaban J connectivity index is 1.35. The number of hydrogen-bond donors (Lipinski definition) is 0. The number of benzene rings is 8. The zero-order valence-corrected chi connectivity index (χ0v) is 28.3. The molecule has 4 heterocycles. The third-order valence-corrected chi connectivity index (χ3v) is 12.2. The molecule has 12 aromatic rings. The van der Waals surface area contributed by atoms with Crippen LogP contribution in [-0.4, -0.2) is 8.97 Å².